The molecule has 1 aliphatic heterocycles. The van der Waals surface area contributed by atoms with Crippen molar-refractivity contribution in [3.63, 3.8) is 0 Å². The van der Waals surface area contributed by atoms with Crippen molar-refractivity contribution >= 4 is 45.7 Å². The van der Waals surface area contributed by atoms with Gasteiger partial charge in [0.1, 0.15) is 23.0 Å². The van der Waals surface area contributed by atoms with E-state index in [-0.39, 0.29) is 33.6 Å². The first-order chi connectivity index (χ1) is 16.1. The number of aromatic nitrogens is 3. The highest BCUT2D eigenvalue weighted by atomic mass is 32.1. The molecule has 1 aliphatic rings. The van der Waals surface area contributed by atoms with Gasteiger partial charge in [-0.25, -0.2) is 18.6 Å². The number of fused-ring (bicyclic) bond motifs is 1. The highest BCUT2D eigenvalue weighted by molar-refractivity contribution is 7.14. The summed E-state index contributed by atoms with van der Waals surface area (Å²) in [6, 6.07) is 2.82. The molecule has 1 aromatic carbocycles. The number of halogens is 2. The van der Waals surface area contributed by atoms with Gasteiger partial charge in [-0.3, -0.25) is 28.4 Å². The summed E-state index contributed by atoms with van der Waals surface area (Å²) in [6.07, 6.45) is 1.98. The molecule has 12 heteroatoms. The van der Waals surface area contributed by atoms with Crippen LogP contribution in [0.15, 0.2) is 38.9 Å². The molecule has 0 radical (unpaired) electrons. The van der Waals surface area contributed by atoms with Crippen molar-refractivity contribution in [2.24, 2.45) is 7.05 Å². The summed E-state index contributed by atoms with van der Waals surface area (Å²) < 4.78 is 29.8. The van der Waals surface area contributed by atoms with E-state index in [2.05, 4.69) is 10.3 Å². The Balaban J connectivity index is 1.73. The molecule has 1 amide bonds. The lowest BCUT2D eigenvalue weighted by Crippen LogP contribution is -2.40. The van der Waals surface area contributed by atoms with E-state index in [1.54, 1.807) is 0 Å². The fourth-order valence-electron chi connectivity index (χ4n) is 3.62. The van der Waals surface area contributed by atoms with Crippen molar-refractivity contribution in [2.75, 3.05) is 10.2 Å². The molecule has 3 aromatic rings. The SMILES string of the molecule is CCCn1c2c(c(=O)n(C)c1=O)C(=O)/C(=C/c1csc(N(C(C)=O)c3ccc(F)cc3F)n1)N2. The lowest BCUT2D eigenvalue weighted by molar-refractivity contribution is -0.115. The molecule has 4 rings (SSSR count). The molecule has 34 heavy (non-hydrogen) atoms. The monoisotopic (exact) mass is 487 g/mol. The zero-order chi connectivity index (χ0) is 24.7. The zero-order valence-corrected chi connectivity index (χ0v) is 19.2. The van der Waals surface area contributed by atoms with Gasteiger partial charge >= 0.3 is 5.69 Å². The molecule has 2 aromatic heterocycles. The van der Waals surface area contributed by atoms with Crippen LogP contribution in [0.2, 0.25) is 0 Å². The molecule has 0 saturated carbocycles. The number of carbonyl (C=O) groups is 2. The van der Waals surface area contributed by atoms with Crippen LogP contribution in [0, 0.1) is 11.6 Å². The van der Waals surface area contributed by atoms with Gasteiger partial charge in [0.2, 0.25) is 11.7 Å². The molecule has 176 valence electrons. The van der Waals surface area contributed by atoms with Gasteiger partial charge in [-0.2, -0.15) is 0 Å². The normalized spacial score (nSPS) is 13.8. The molecular weight excluding hydrogens is 468 g/mol. The van der Waals surface area contributed by atoms with Crippen LogP contribution >= 0.6 is 11.3 Å². The number of allylic oxidation sites excluding steroid dienone is 1. The van der Waals surface area contributed by atoms with Gasteiger partial charge in [0, 0.05) is 32.0 Å². The van der Waals surface area contributed by atoms with E-state index in [0.29, 0.717) is 19.0 Å². The first-order valence-corrected chi connectivity index (χ1v) is 11.1. The summed E-state index contributed by atoms with van der Waals surface area (Å²) >= 11 is 1.01. The maximum atomic E-state index is 14.3. The number of carbonyl (C=O) groups excluding carboxylic acids is 2. The van der Waals surface area contributed by atoms with Gasteiger partial charge < -0.3 is 5.32 Å². The number of benzene rings is 1. The van der Waals surface area contributed by atoms with Crippen molar-refractivity contribution in [1.29, 1.82) is 0 Å². The van der Waals surface area contributed by atoms with Crippen LogP contribution in [0.3, 0.4) is 0 Å². The first kappa shape index (κ1) is 23.2. The third kappa shape index (κ3) is 3.85. The Morgan fingerprint density at radius 2 is 2.00 bits per heavy atom. The molecule has 0 unspecified atom stereocenters. The molecule has 0 fully saturated rings. The number of hydrogen-bond donors (Lipinski definition) is 1. The van der Waals surface area contributed by atoms with Gasteiger partial charge in [0.25, 0.3) is 5.56 Å². The average Bonchev–Trinajstić information content (AvgIpc) is 3.36. The van der Waals surface area contributed by atoms with E-state index in [4.69, 9.17) is 0 Å². The van der Waals surface area contributed by atoms with Gasteiger partial charge in [-0.05, 0) is 24.6 Å². The van der Waals surface area contributed by atoms with Crippen molar-refractivity contribution < 1.29 is 18.4 Å². The van der Waals surface area contributed by atoms with Crippen LogP contribution < -0.4 is 21.5 Å². The molecule has 9 nitrogen and oxygen atoms in total. The number of amides is 1. The lowest BCUT2D eigenvalue weighted by atomic mass is 10.2. The number of thiazole rings is 1. The Bertz CT molecular complexity index is 1490. The highest BCUT2D eigenvalue weighted by Crippen LogP contribution is 2.32. The Morgan fingerprint density at radius 1 is 1.26 bits per heavy atom. The average molecular weight is 487 g/mol. The summed E-state index contributed by atoms with van der Waals surface area (Å²) in [7, 11) is 1.31. The quantitative estimate of drug-likeness (QED) is 0.555. The predicted molar refractivity (Wildman–Crippen MR) is 123 cm³/mol. The van der Waals surface area contributed by atoms with Crippen LogP contribution in [0.25, 0.3) is 6.08 Å². The number of nitrogens with one attached hydrogen (secondary N) is 1. The van der Waals surface area contributed by atoms with Gasteiger partial charge in [-0.15, -0.1) is 11.3 Å². The Hall–Kier alpha value is -3.93. The summed E-state index contributed by atoms with van der Waals surface area (Å²) in [6.45, 7) is 3.38. The highest BCUT2D eigenvalue weighted by Gasteiger charge is 2.32. The number of hydrogen-bond acceptors (Lipinski definition) is 7. The van der Waals surface area contributed by atoms with Crippen molar-refractivity contribution in [3.05, 3.63) is 73.0 Å². The fourth-order valence-corrected chi connectivity index (χ4v) is 4.45. The maximum Gasteiger partial charge on any atom is 0.332 e. The van der Waals surface area contributed by atoms with Crippen molar-refractivity contribution in [1.82, 2.24) is 14.1 Å². The number of anilines is 3. The van der Waals surface area contributed by atoms with Crippen molar-refractivity contribution in [2.45, 2.75) is 26.8 Å². The van der Waals surface area contributed by atoms with E-state index in [0.717, 1.165) is 32.9 Å². The summed E-state index contributed by atoms with van der Waals surface area (Å²) in [5.41, 5.74) is -1.27. The van der Waals surface area contributed by atoms with E-state index in [1.165, 1.54) is 30.0 Å². The second-order valence-corrected chi connectivity index (χ2v) is 8.38. The number of nitrogens with zero attached hydrogens (tertiary/aromatic N) is 4. The lowest BCUT2D eigenvalue weighted by Gasteiger charge is -2.18. The Morgan fingerprint density at radius 3 is 2.65 bits per heavy atom. The first-order valence-electron chi connectivity index (χ1n) is 10.2. The van der Waals surface area contributed by atoms with E-state index < -0.39 is 34.6 Å². The summed E-state index contributed by atoms with van der Waals surface area (Å²) in [5.74, 6) is -2.73. The standard InChI is InChI=1S/C22H19F2N5O4S/c1-4-7-28-19-17(20(32)27(3)22(28)33)18(31)15(26-19)9-13-10-34-21(25-13)29(11(2)30)16-6-5-12(23)8-14(16)24/h5-6,8-10,26H,4,7H2,1-3H3/b15-9-. The molecule has 0 spiro atoms. The van der Waals surface area contributed by atoms with Gasteiger partial charge in [0.05, 0.1) is 17.1 Å². The second kappa shape index (κ2) is 8.78. The topological polar surface area (TPSA) is 106 Å². The van der Waals surface area contributed by atoms with Crippen LogP contribution in [-0.4, -0.2) is 25.8 Å². The maximum absolute atomic E-state index is 14.3. The molecule has 0 aliphatic carbocycles. The summed E-state index contributed by atoms with van der Waals surface area (Å²) in [5, 5.41) is 4.49. The summed E-state index contributed by atoms with van der Waals surface area (Å²) in [4.78, 5) is 55.5. The predicted octanol–water partition coefficient (Wildman–Crippen LogP) is 3.03. The van der Waals surface area contributed by atoms with E-state index in [1.807, 2.05) is 6.92 Å². The minimum atomic E-state index is -0.932. The molecule has 0 atom stereocenters. The second-order valence-electron chi connectivity index (χ2n) is 7.54. The number of rotatable bonds is 5. The minimum absolute atomic E-state index is 0.0294. The fraction of sp³-hybridized carbons (Fsp3) is 0.227. The smallest absolute Gasteiger partial charge is 0.332 e. The molecule has 1 N–H and O–H groups in total. The van der Waals surface area contributed by atoms with Crippen LogP contribution in [0.4, 0.5) is 25.4 Å². The largest absolute Gasteiger partial charge is 0.337 e. The molecular formula is C22H19F2N5O4S. The minimum Gasteiger partial charge on any atom is -0.337 e. The van der Waals surface area contributed by atoms with Crippen LogP contribution in [0.1, 0.15) is 36.3 Å². The third-order valence-electron chi connectivity index (χ3n) is 5.17. The number of Topliss-reactive ketones (excluding diaryl/α,β-unsaturated/α-hetero) is 1. The van der Waals surface area contributed by atoms with Gasteiger partial charge in [0.15, 0.2) is 5.13 Å². The van der Waals surface area contributed by atoms with Gasteiger partial charge in [-0.1, -0.05) is 6.92 Å². The molecule has 3 heterocycles. The van der Waals surface area contributed by atoms with E-state index in [9.17, 15) is 28.0 Å². The zero-order valence-electron chi connectivity index (χ0n) is 18.4. The Labute approximate surface area is 195 Å². The number of ketones is 1. The van der Waals surface area contributed by atoms with Crippen LogP contribution in [-0.2, 0) is 18.4 Å². The Kier molecular flexibility index (Phi) is 6.00. The molecule has 0 saturated heterocycles. The van der Waals surface area contributed by atoms with E-state index >= 15 is 0 Å². The van der Waals surface area contributed by atoms with Crippen LogP contribution in [0.5, 0.6) is 0 Å². The van der Waals surface area contributed by atoms with Crippen molar-refractivity contribution in [3.8, 4) is 0 Å². The molecule has 0 bridgehead atoms. The third-order valence-corrected chi connectivity index (χ3v) is 6.02.